The zero-order valence-electron chi connectivity index (χ0n) is 7.18. The summed E-state index contributed by atoms with van der Waals surface area (Å²) in [6, 6.07) is 3.17. The summed E-state index contributed by atoms with van der Waals surface area (Å²) in [7, 11) is -3.39. The molecule has 1 unspecified atom stereocenters. The van der Waals surface area contributed by atoms with Crippen LogP contribution in [0.2, 0.25) is 0 Å². The van der Waals surface area contributed by atoms with Gasteiger partial charge in [0.1, 0.15) is 4.21 Å². The lowest BCUT2D eigenvalue weighted by Gasteiger charge is -2.06. The van der Waals surface area contributed by atoms with Crippen molar-refractivity contribution in [2.45, 2.75) is 10.3 Å². The number of sulfone groups is 1. The van der Waals surface area contributed by atoms with E-state index in [0.717, 1.165) is 15.1 Å². The first-order chi connectivity index (χ1) is 6.45. The van der Waals surface area contributed by atoms with E-state index in [1.165, 1.54) is 6.07 Å². The number of hydrogen-bond donors (Lipinski definition) is 2. The summed E-state index contributed by atoms with van der Waals surface area (Å²) in [4.78, 5) is 0. The number of rotatable bonds is 4. The maximum Gasteiger partial charge on any atom is 0.190 e. The monoisotopic (exact) mass is 299 g/mol. The van der Waals surface area contributed by atoms with Crippen LogP contribution in [-0.2, 0) is 9.84 Å². The second-order valence-electron chi connectivity index (χ2n) is 2.73. The van der Waals surface area contributed by atoms with Crippen molar-refractivity contribution in [3.8, 4) is 0 Å². The van der Waals surface area contributed by atoms with Crippen molar-refractivity contribution in [3.05, 3.63) is 15.9 Å². The van der Waals surface area contributed by atoms with Crippen LogP contribution in [-0.4, -0.2) is 31.9 Å². The van der Waals surface area contributed by atoms with Crippen LogP contribution in [0.5, 0.6) is 0 Å². The van der Waals surface area contributed by atoms with E-state index in [-0.39, 0.29) is 16.5 Å². The van der Waals surface area contributed by atoms with Crippen LogP contribution < -0.4 is 5.73 Å². The minimum absolute atomic E-state index is 0.0498. The van der Waals surface area contributed by atoms with Gasteiger partial charge >= 0.3 is 0 Å². The van der Waals surface area contributed by atoms with E-state index < -0.39 is 15.9 Å². The Labute approximate surface area is 94.8 Å². The van der Waals surface area contributed by atoms with E-state index in [2.05, 4.69) is 15.9 Å². The van der Waals surface area contributed by atoms with Crippen LogP contribution in [0.15, 0.2) is 20.1 Å². The van der Waals surface area contributed by atoms with Gasteiger partial charge in [-0.05, 0) is 28.1 Å². The Morgan fingerprint density at radius 2 is 2.21 bits per heavy atom. The van der Waals surface area contributed by atoms with E-state index in [9.17, 15) is 8.42 Å². The topological polar surface area (TPSA) is 80.4 Å². The molecule has 1 rings (SSSR count). The molecular weight excluding hydrogens is 290 g/mol. The highest BCUT2D eigenvalue weighted by Gasteiger charge is 2.20. The van der Waals surface area contributed by atoms with Crippen molar-refractivity contribution in [3.63, 3.8) is 0 Å². The van der Waals surface area contributed by atoms with E-state index >= 15 is 0 Å². The highest BCUT2D eigenvalue weighted by Crippen LogP contribution is 2.26. The first-order valence-electron chi connectivity index (χ1n) is 3.82. The highest BCUT2D eigenvalue weighted by molar-refractivity contribution is 9.11. The van der Waals surface area contributed by atoms with Gasteiger partial charge in [-0.2, -0.15) is 0 Å². The summed E-state index contributed by atoms with van der Waals surface area (Å²) in [6.07, 6.45) is -0.999. The predicted molar refractivity (Wildman–Crippen MR) is 59.1 cm³/mol. The maximum absolute atomic E-state index is 11.6. The molecule has 1 aromatic heterocycles. The molecule has 0 radical (unpaired) electrons. The van der Waals surface area contributed by atoms with Gasteiger partial charge in [-0.15, -0.1) is 11.3 Å². The smallest absolute Gasteiger partial charge is 0.190 e. The Morgan fingerprint density at radius 3 is 2.64 bits per heavy atom. The van der Waals surface area contributed by atoms with Crippen LogP contribution in [0.1, 0.15) is 0 Å². The van der Waals surface area contributed by atoms with Gasteiger partial charge in [-0.1, -0.05) is 0 Å². The van der Waals surface area contributed by atoms with Gasteiger partial charge < -0.3 is 10.8 Å². The van der Waals surface area contributed by atoms with E-state index in [1.807, 2.05) is 0 Å². The van der Waals surface area contributed by atoms with Crippen LogP contribution >= 0.6 is 27.3 Å². The van der Waals surface area contributed by atoms with Crippen molar-refractivity contribution in [2.75, 3.05) is 12.3 Å². The third-order valence-corrected chi connectivity index (χ3v) is 5.54. The van der Waals surface area contributed by atoms with Crippen molar-refractivity contribution in [2.24, 2.45) is 5.73 Å². The SMILES string of the molecule is NCC(O)CS(=O)(=O)c1ccc(Br)s1. The molecule has 4 nitrogen and oxygen atoms in total. The normalized spacial score (nSPS) is 14.2. The molecule has 80 valence electrons. The lowest BCUT2D eigenvalue weighted by Crippen LogP contribution is -2.28. The standard InChI is InChI=1S/C7H10BrNO3S2/c8-6-1-2-7(13-6)14(11,12)4-5(10)3-9/h1-2,5,10H,3-4,9H2. The molecule has 1 atom stereocenters. The van der Waals surface area contributed by atoms with Crippen LogP contribution in [0.4, 0.5) is 0 Å². The molecule has 0 aliphatic heterocycles. The number of aliphatic hydroxyl groups is 1. The minimum atomic E-state index is -3.39. The summed E-state index contributed by atoms with van der Waals surface area (Å²) < 4.78 is 24.2. The number of halogens is 1. The molecule has 0 aromatic carbocycles. The van der Waals surface area contributed by atoms with Crippen LogP contribution in [0.3, 0.4) is 0 Å². The summed E-state index contributed by atoms with van der Waals surface area (Å²) in [5.41, 5.74) is 5.14. The van der Waals surface area contributed by atoms with Gasteiger partial charge in [-0.3, -0.25) is 0 Å². The largest absolute Gasteiger partial charge is 0.391 e. The Kier molecular flexibility index (Phi) is 4.08. The van der Waals surface area contributed by atoms with E-state index in [1.54, 1.807) is 6.07 Å². The quantitative estimate of drug-likeness (QED) is 0.853. The number of nitrogens with two attached hydrogens (primary N) is 1. The number of thiophene rings is 1. The van der Waals surface area contributed by atoms with Crippen molar-refractivity contribution < 1.29 is 13.5 Å². The molecule has 0 spiro atoms. The second-order valence-corrected chi connectivity index (χ2v) is 7.45. The van der Waals surface area contributed by atoms with Gasteiger partial charge in [0.25, 0.3) is 0 Å². The lowest BCUT2D eigenvalue weighted by atomic mass is 10.4. The first-order valence-corrected chi connectivity index (χ1v) is 7.08. The van der Waals surface area contributed by atoms with Crippen molar-refractivity contribution in [1.29, 1.82) is 0 Å². The summed E-state index contributed by atoms with van der Waals surface area (Å²) >= 11 is 4.30. The third kappa shape index (κ3) is 3.03. The molecule has 0 amide bonds. The Hall–Kier alpha value is 0.0500. The van der Waals surface area contributed by atoms with Gasteiger partial charge in [-0.25, -0.2) is 8.42 Å². The Balaban J connectivity index is 2.86. The van der Waals surface area contributed by atoms with Crippen molar-refractivity contribution in [1.82, 2.24) is 0 Å². The molecule has 0 saturated carbocycles. The first kappa shape index (κ1) is 12.1. The molecule has 0 aliphatic carbocycles. The summed E-state index contributed by atoms with van der Waals surface area (Å²) in [6.45, 7) is -0.0498. The Morgan fingerprint density at radius 1 is 1.57 bits per heavy atom. The predicted octanol–water partition coefficient (Wildman–Crippen LogP) is 0.604. The van der Waals surface area contributed by atoms with Gasteiger partial charge in [0.15, 0.2) is 9.84 Å². The molecule has 0 bridgehead atoms. The lowest BCUT2D eigenvalue weighted by molar-refractivity contribution is 0.205. The Bertz CT molecular complexity index is 401. The number of aliphatic hydroxyl groups excluding tert-OH is 1. The molecule has 0 fully saturated rings. The van der Waals surface area contributed by atoms with Gasteiger partial charge in [0, 0.05) is 6.54 Å². The fourth-order valence-electron chi connectivity index (χ4n) is 0.868. The van der Waals surface area contributed by atoms with E-state index in [0.29, 0.717) is 0 Å². The van der Waals surface area contributed by atoms with Gasteiger partial charge in [0.2, 0.25) is 0 Å². The van der Waals surface area contributed by atoms with Crippen LogP contribution in [0, 0.1) is 0 Å². The molecule has 3 N–H and O–H groups in total. The van der Waals surface area contributed by atoms with E-state index in [4.69, 9.17) is 10.8 Å². The summed E-state index contributed by atoms with van der Waals surface area (Å²) in [5.74, 6) is -0.323. The van der Waals surface area contributed by atoms with Crippen molar-refractivity contribution >= 4 is 37.1 Å². The molecule has 0 saturated heterocycles. The van der Waals surface area contributed by atoms with Crippen LogP contribution in [0.25, 0.3) is 0 Å². The average Bonchev–Trinajstić information content (AvgIpc) is 2.51. The molecular formula is C7H10BrNO3S2. The number of hydrogen-bond acceptors (Lipinski definition) is 5. The highest BCUT2D eigenvalue weighted by atomic mass is 79.9. The fraction of sp³-hybridized carbons (Fsp3) is 0.429. The van der Waals surface area contributed by atoms with Gasteiger partial charge in [0.05, 0.1) is 15.6 Å². The fourth-order valence-corrected chi connectivity index (χ4v) is 4.37. The third-order valence-electron chi connectivity index (χ3n) is 1.54. The molecule has 1 heterocycles. The zero-order valence-corrected chi connectivity index (χ0v) is 10.4. The maximum atomic E-state index is 11.6. The molecule has 7 heteroatoms. The zero-order chi connectivity index (χ0) is 10.8. The molecule has 14 heavy (non-hydrogen) atoms. The second kappa shape index (κ2) is 4.71. The molecule has 1 aromatic rings. The summed E-state index contributed by atoms with van der Waals surface area (Å²) in [5, 5.41) is 9.15. The average molecular weight is 300 g/mol. The molecule has 0 aliphatic rings. The minimum Gasteiger partial charge on any atom is -0.391 e.